The number of nitro benzene ring substituents is 1. The van der Waals surface area contributed by atoms with Gasteiger partial charge < -0.3 is 14.5 Å². The van der Waals surface area contributed by atoms with Crippen LogP contribution in [0.25, 0.3) is 0 Å². The highest BCUT2D eigenvalue weighted by molar-refractivity contribution is 5.94. The summed E-state index contributed by atoms with van der Waals surface area (Å²) in [4.78, 5) is 26.7. The third-order valence-electron chi connectivity index (χ3n) is 3.31. The average Bonchev–Trinajstić information content (AvgIpc) is 2.46. The van der Waals surface area contributed by atoms with Crippen molar-refractivity contribution in [3.8, 4) is 0 Å². The minimum absolute atomic E-state index is 0.0216. The number of amides is 1. The summed E-state index contributed by atoms with van der Waals surface area (Å²) >= 11 is 0. The van der Waals surface area contributed by atoms with Gasteiger partial charge in [-0.25, -0.2) is 0 Å². The molecule has 0 heterocycles. The molecule has 1 aromatic carbocycles. The van der Waals surface area contributed by atoms with Crippen LogP contribution in [0, 0.1) is 17.0 Å². The van der Waals surface area contributed by atoms with Crippen molar-refractivity contribution < 1.29 is 14.5 Å². The second-order valence-electron chi connectivity index (χ2n) is 5.35. The van der Waals surface area contributed by atoms with Crippen LogP contribution in [-0.4, -0.2) is 68.1 Å². The zero-order valence-corrected chi connectivity index (χ0v) is 13.5. The zero-order valence-electron chi connectivity index (χ0n) is 13.5. The van der Waals surface area contributed by atoms with Crippen LogP contribution in [-0.2, 0) is 4.74 Å². The number of hydrogen-bond donors (Lipinski definition) is 0. The molecule has 0 saturated carbocycles. The van der Waals surface area contributed by atoms with E-state index in [9.17, 15) is 14.9 Å². The summed E-state index contributed by atoms with van der Waals surface area (Å²) in [6.45, 7) is 3.88. The summed E-state index contributed by atoms with van der Waals surface area (Å²) in [5, 5.41) is 10.8. The molecular weight excluding hydrogens is 286 g/mol. The maximum absolute atomic E-state index is 12.6. The number of nitro groups is 1. The molecular formula is C15H23N3O4. The highest BCUT2D eigenvalue weighted by Gasteiger charge is 2.18. The minimum atomic E-state index is -0.446. The van der Waals surface area contributed by atoms with Crippen LogP contribution in [0.2, 0.25) is 0 Å². The molecule has 22 heavy (non-hydrogen) atoms. The summed E-state index contributed by atoms with van der Waals surface area (Å²) in [7, 11) is 5.47. The molecule has 0 atom stereocenters. The van der Waals surface area contributed by atoms with Crippen LogP contribution in [0.3, 0.4) is 0 Å². The largest absolute Gasteiger partial charge is 0.383 e. The molecule has 7 heteroatoms. The number of aryl methyl sites for hydroxylation is 1. The van der Waals surface area contributed by atoms with E-state index in [1.165, 1.54) is 12.1 Å². The minimum Gasteiger partial charge on any atom is -0.383 e. The first kappa shape index (κ1) is 18.1. The Bertz CT molecular complexity index is 532. The quantitative estimate of drug-likeness (QED) is 0.538. The molecule has 7 nitrogen and oxygen atoms in total. The Morgan fingerprint density at radius 3 is 2.45 bits per heavy atom. The van der Waals surface area contributed by atoms with Gasteiger partial charge in [-0.15, -0.1) is 0 Å². The molecule has 1 aromatic rings. The standard InChI is InChI=1S/C15H23N3O4/c1-12-11-13(5-6-14(12)18(20)21)15(19)17(9-10-22-4)8-7-16(2)3/h5-6,11H,7-10H2,1-4H3. The molecule has 0 aromatic heterocycles. The van der Waals surface area contributed by atoms with Gasteiger partial charge in [-0.2, -0.15) is 0 Å². The maximum atomic E-state index is 12.6. The van der Waals surface area contributed by atoms with Gasteiger partial charge in [0.15, 0.2) is 0 Å². The van der Waals surface area contributed by atoms with E-state index < -0.39 is 4.92 Å². The van der Waals surface area contributed by atoms with Crippen molar-refractivity contribution in [3.05, 3.63) is 39.4 Å². The van der Waals surface area contributed by atoms with Crippen LogP contribution < -0.4 is 0 Å². The lowest BCUT2D eigenvalue weighted by Crippen LogP contribution is -2.38. The SMILES string of the molecule is COCCN(CCN(C)C)C(=O)c1ccc([N+](=O)[O-])c(C)c1. The first-order valence-electron chi connectivity index (χ1n) is 7.04. The van der Waals surface area contributed by atoms with Gasteiger partial charge in [0.2, 0.25) is 0 Å². The van der Waals surface area contributed by atoms with Gasteiger partial charge in [0.25, 0.3) is 11.6 Å². The van der Waals surface area contributed by atoms with Gasteiger partial charge in [-0.1, -0.05) is 0 Å². The van der Waals surface area contributed by atoms with Crippen LogP contribution in [0.15, 0.2) is 18.2 Å². The molecule has 0 radical (unpaired) electrons. The molecule has 0 saturated heterocycles. The number of hydrogen-bond acceptors (Lipinski definition) is 5. The van der Waals surface area contributed by atoms with Crippen LogP contribution in [0.4, 0.5) is 5.69 Å². The fourth-order valence-corrected chi connectivity index (χ4v) is 2.01. The number of methoxy groups -OCH3 is 1. The van der Waals surface area contributed by atoms with Crippen molar-refractivity contribution in [2.24, 2.45) is 0 Å². The lowest BCUT2D eigenvalue weighted by atomic mass is 10.1. The number of benzene rings is 1. The topological polar surface area (TPSA) is 75.9 Å². The Hall–Kier alpha value is -1.99. The fraction of sp³-hybridized carbons (Fsp3) is 0.533. The van der Waals surface area contributed by atoms with Gasteiger partial charge in [-0.3, -0.25) is 14.9 Å². The van der Waals surface area contributed by atoms with Crippen LogP contribution in [0.5, 0.6) is 0 Å². The van der Waals surface area contributed by atoms with E-state index in [1.54, 1.807) is 25.0 Å². The van der Waals surface area contributed by atoms with Gasteiger partial charge in [0.1, 0.15) is 0 Å². The van der Waals surface area contributed by atoms with Crippen LogP contribution >= 0.6 is 0 Å². The van der Waals surface area contributed by atoms with Gasteiger partial charge >= 0.3 is 0 Å². The Kier molecular flexibility index (Phi) is 6.94. The summed E-state index contributed by atoms with van der Waals surface area (Å²) in [6.07, 6.45) is 0. The van der Waals surface area contributed by atoms with Crippen molar-refractivity contribution in [2.75, 3.05) is 47.4 Å². The van der Waals surface area contributed by atoms with E-state index in [-0.39, 0.29) is 11.6 Å². The van der Waals surface area contributed by atoms with Crippen molar-refractivity contribution in [1.29, 1.82) is 0 Å². The second kappa shape index (κ2) is 8.45. The lowest BCUT2D eigenvalue weighted by Gasteiger charge is -2.24. The van der Waals surface area contributed by atoms with Crippen molar-refractivity contribution in [2.45, 2.75) is 6.92 Å². The van der Waals surface area contributed by atoms with E-state index in [0.29, 0.717) is 30.8 Å². The Balaban J connectivity index is 2.92. The van der Waals surface area contributed by atoms with Crippen molar-refractivity contribution in [1.82, 2.24) is 9.80 Å². The third-order valence-corrected chi connectivity index (χ3v) is 3.31. The molecule has 1 amide bonds. The number of carbonyl (C=O) groups excluding carboxylic acids is 1. The molecule has 0 aliphatic heterocycles. The smallest absolute Gasteiger partial charge is 0.272 e. The van der Waals surface area contributed by atoms with Gasteiger partial charge in [0, 0.05) is 43.9 Å². The molecule has 0 bridgehead atoms. The Morgan fingerprint density at radius 2 is 1.95 bits per heavy atom. The highest BCUT2D eigenvalue weighted by atomic mass is 16.6. The van der Waals surface area contributed by atoms with Crippen LogP contribution in [0.1, 0.15) is 15.9 Å². The van der Waals surface area contributed by atoms with Crippen molar-refractivity contribution in [3.63, 3.8) is 0 Å². The normalized spacial score (nSPS) is 10.8. The Labute approximate surface area is 130 Å². The second-order valence-corrected chi connectivity index (χ2v) is 5.35. The van der Waals surface area contributed by atoms with Crippen molar-refractivity contribution >= 4 is 11.6 Å². The highest BCUT2D eigenvalue weighted by Crippen LogP contribution is 2.19. The summed E-state index contributed by atoms with van der Waals surface area (Å²) in [5.41, 5.74) is 0.960. The summed E-state index contributed by atoms with van der Waals surface area (Å²) in [5.74, 6) is -0.142. The van der Waals surface area contributed by atoms with E-state index >= 15 is 0 Å². The molecule has 0 aliphatic rings. The summed E-state index contributed by atoms with van der Waals surface area (Å²) in [6, 6.07) is 4.45. The predicted molar refractivity (Wildman–Crippen MR) is 84.2 cm³/mol. The molecule has 122 valence electrons. The summed E-state index contributed by atoms with van der Waals surface area (Å²) < 4.78 is 5.04. The van der Waals surface area contributed by atoms with E-state index in [2.05, 4.69) is 0 Å². The molecule has 0 fully saturated rings. The maximum Gasteiger partial charge on any atom is 0.272 e. The van der Waals surface area contributed by atoms with E-state index in [0.717, 1.165) is 6.54 Å². The fourth-order valence-electron chi connectivity index (χ4n) is 2.01. The monoisotopic (exact) mass is 309 g/mol. The van der Waals surface area contributed by atoms with Gasteiger partial charge in [0.05, 0.1) is 11.5 Å². The first-order valence-corrected chi connectivity index (χ1v) is 7.04. The zero-order chi connectivity index (χ0) is 16.7. The molecule has 0 spiro atoms. The Morgan fingerprint density at radius 1 is 1.27 bits per heavy atom. The lowest BCUT2D eigenvalue weighted by molar-refractivity contribution is -0.385. The number of likely N-dealkylation sites (N-methyl/N-ethyl adjacent to an activating group) is 1. The number of rotatable bonds is 8. The van der Waals surface area contributed by atoms with Gasteiger partial charge in [-0.05, 0) is 33.2 Å². The number of carbonyl (C=O) groups is 1. The number of ether oxygens (including phenoxy) is 1. The predicted octanol–water partition coefficient (Wildman–Crippen LogP) is 1.55. The third kappa shape index (κ3) is 5.09. The number of nitrogens with zero attached hydrogens (tertiary/aromatic N) is 3. The molecule has 0 N–H and O–H groups in total. The molecule has 0 unspecified atom stereocenters. The first-order chi connectivity index (χ1) is 10.4. The van der Waals surface area contributed by atoms with E-state index in [1.807, 2.05) is 19.0 Å². The molecule has 1 rings (SSSR count). The molecule has 0 aliphatic carbocycles. The average molecular weight is 309 g/mol. The van der Waals surface area contributed by atoms with E-state index in [4.69, 9.17) is 4.74 Å².